The standard InChI is InChI=1S/C18H19N5O4/c1-27-15-6-3-2-5-14(15)23-17(25)13(16(24)21-18(23)26)11-19-7-4-9-22-10-8-20-12-22/h2-3,5-6,8,10-13H,4,7,9H2,1H3,(H,21,24,26)/t13-/m1/s1. The molecule has 3 rings (SSSR count). The molecule has 1 aliphatic rings. The van der Waals surface area contributed by atoms with Gasteiger partial charge in [0.2, 0.25) is 5.91 Å². The summed E-state index contributed by atoms with van der Waals surface area (Å²) in [5.41, 5.74) is 0.272. The van der Waals surface area contributed by atoms with Gasteiger partial charge in [0.15, 0.2) is 5.92 Å². The fourth-order valence-corrected chi connectivity index (χ4v) is 2.71. The van der Waals surface area contributed by atoms with E-state index in [1.165, 1.54) is 13.3 Å². The Balaban J connectivity index is 1.69. The van der Waals surface area contributed by atoms with Gasteiger partial charge in [-0.1, -0.05) is 12.1 Å². The number of carbonyl (C=O) groups excluding carboxylic acids is 3. The summed E-state index contributed by atoms with van der Waals surface area (Å²) in [4.78, 5) is 46.1. The first-order valence-electron chi connectivity index (χ1n) is 8.39. The topological polar surface area (TPSA) is 106 Å². The molecule has 1 saturated heterocycles. The van der Waals surface area contributed by atoms with Gasteiger partial charge in [-0.2, -0.15) is 0 Å². The van der Waals surface area contributed by atoms with Gasteiger partial charge in [0.25, 0.3) is 5.91 Å². The predicted octanol–water partition coefficient (Wildman–Crippen LogP) is 1.25. The number of imide groups is 2. The van der Waals surface area contributed by atoms with Crippen LogP contribution in [0.2, 0.25) is 0 Å². The second-order valence-electron chi connectivity index (χ2n) is 5.83. The first kappa shape index (κ1) is 18.3. The second kappa shape index (κ2) is 8.26. The Morgan fingerprint density at radius 2 is 2.11 bits per heavy atom. The van der Waals surface area contributed by atoms with E-state index in [0.717, 1.165) is 17.9 Å². The lowest BCUT2D eigenvalue weighted by atomic mass is 10.1. The van der Waals surface area contributed by atoms with Crippen molar-refractivity contribution in [1.82, 2.24) is 14.9 Å². The lowest BCUT2D eigenvalue weighted by Crippen LogP contribution is -2.58. The Morgan fingerprint density at radius 3 is 2.85 bits per heavy atom. The minimum Gasteiger partial charge on any atom is -0.495 e. The number of ether oxygens (including phenoxy) is 1. The SMILES string of the molecule is COc1ccccc1N1C(=O)NC(=O)[C@@H](C=NCCCn2ccnc2)C1=O. The average Bonchev–Trinajstić information content (AvgIpc) is 3.17. The van der Waals surface area contributed by atoms with Crippen molar-refractivity contribution in [2.24, 2.45) is 10.9 Å². The third-order valence-electron chi connectivity index (χ3n) is 4.05. The molecule has 0 unspecified atom stereocenters. The smallest absolute Gasteiger partial charge is 0.335 e. The zero-order valence-electron chi connectivity index (χ0n) is 14.7. The highest BCUT2D eigenvalue weighted by Gasteiger charge is 2.41. The molecule has 1 aromatic carbocycles. The highest BCUT2D eigenvalue weighted by molar-refractivity contribution is 6.32. The van der Waals surface area contributed by atoms with Crippen molar-refractivity contribution in [3.05, 3.63) is 43.0 Å². The van der Waals surface area contributed by atoms with Gasteiger partial charge < -0.3 is 9.30 Å². The van der Waals surface area contributed by atoms with Crippen LogP contribution in [-0.4, -0.2) is 47.3 Å². The van der Waals surface area contributed by atoms with Gasteiger partial charge in [0, 0.05) is 31.7 Å². The molecule has 0 spiro atoms. The maximum Gasteiger partial charge on any atom is 0.335 e. The number of aryl methyl sites for hydroxylation is 1. The van der Waals surface area contributed by atoms with E-state index in [0.29, 0.717) is 12.3 Å². The van der Waals surface area contributed by atoms with E-state index >= 15 is 0 Å². The predicted molar refractivity (Wildman–Crippen MR) is 97.7 cm³/mol. The fraction of sp³-hybridized carbons (Fsp3) is 0.278. The molecule has 1 fully saturated rings. The van der Waals surface area contributed by atoms with E-state index in [1.807, 2.05) is 10.8 Å². The molecule has 1 atom stereocenters. The first-order valence-corrected chi connectivity index (χ1v) is 8.39. The van der Waals surface area contributed by atoms with Crippen molar-refractivity contribution in [2.45, 2.75) is 13.0 Å². The van der Waals surface area contributed by atoms with Crippen LogP contribution in [0.5, 0.6) is 5.75 Å². The van der Waals surface area contributed by atoms with Crippen LogP contribution >= 0.6 is 0 Å². The Kier molecular flexibility index (Phi) is 5.60. The average molecular weight is 369 g/mol. The van der Waals surface area contributed by atoms with Gasteiger partial charge in [-0.15, -0.1) is 0 Å². The number of amides is 4. The van der Waals surface area contributed by atoms with Gasteiger partial charge in [0.1, 0.15) is 5.75 Å². The van der Waals surface area contributed by atoms with E-state index in [9.17, 15) is 14.4 Å². The number of hydrogen-bond acceptors (Lipinski definition) is 6. The molecule has 2 heterocycles. The van der Waals surface area contributed by atoms with Gasteiger partial charge in [0.05, 0.1) is 19.1 Å². The third kappa shape index (κ3) is 4.02. The Labute approximate surface area is 155 Å². The fourth-order valence-electron chi connectivity index (χ4n) is 2.71. The van der Waals surface area contributed by atoms with Gasteiger partial charge >= 0.3 is 6.03 Å². The number of benzene rings is 1. The number of barbiturate groups is 1. The lowest BCUT2D eigenvalue weighted by molar-refractivity contribution is -0.131. The van der Waals surface area contributed by atoms with Crippen LogP contribution in [0, 0.1) is 5.92 Å². The van der Waals surface area contributed by atoms with E-state index < -0.39 is 23.8 Å². The van der Waals surface area contributed by atoms with Crippen molar-refractivity contribution in [1.29, 1.82) is 0 Å². The number of aromatic nitrogens is 2. The number of nitrogens with one attached hydrogen (secondary N) is 1. The third-order valence-corrected chi connectivity index (χ3v) is 4.05. The first-order chi connectivity index (χ1) is 13.1. The molecule has 9 nitrogen and oxygen atoms in total. The Bertz CT molecular complexity index is 862. The van der Waals surface area contributed by atoms with Crippen molar-refractivity contribution in [3.63, 3.8) is 0 Å². The monoisotopic (exact) mass is 369 g/mol. The van der Waals surface area contributed by atoms with E-state index in [4.69, 9.17) is 4.74 Å². The number of para-hydroxylation sites is 2. The molecule has 9 heteroatoms. The number of rotatable bonds is 7. The number of nitrogens with zero attached hydrogens (tertiary/aromatic N) is 4. The number of methoxy groups -OCH3 is 1. The lowest BCUT2D eigenvalue weighted by Gasteiger charge is -2.29. The van der Waals surface area contributed by atoms with Crippen LogP contribution in [-0.2, 0) is 16.1 Å². The largest absolute Gasteiger partial charge is 0.495 e. The molecular weight excluding hydrogens is 350 g/mol. The number of anilines is 1. The van der Waals surface area contributed by atoms with E-state index in [1.54, 1.807) is 36.8 Å². The maximum atomic E-state index is 12.8. The quantitative estimate of drug-likeness (QED) is 0.449. The van der Waals surface area contributed by atoms with Gasteiger partial charge in [-0.3, -0.25) is 19.9 Å². The minimum absolute atomic E-state index is 0.272. The summed E-state index contributed by atoms with van der Waals surface area (Å²) >= 11 is 0. The number of carbonyl (C=O) groups is 3. The summed E-state index contributed by atoms with van der Waals surface area (Å²) < 4.78 is 7.12. The summed E-state index contributed by atoms with van der Waals surface area (Å²) in [7, 11) is 1.44. The summed E-state index contributed by atoms with van der Waals surface area (Å²) in [6, 6.07) is 5.79. The summed E-state index contributed by atoms with van der Waals surface area (Å²) in [5.74, 6) is -2.16. The number of imidazole rings is 1. The molecule has 1 N–H and O–H groups in total. The van der Waals surface area contributed by atoms with E-state index in [2.05, 4.69) is 15.3 Å². The molecule has 140 valence electrons. The maximum absolute atomic E-state index is 12.8. The highest BCUT2D eigenvalue weighted by atomic mass is 16.5. The van der Waals surface area contributed by atoms with Crippen LogP contribution in [0.15, 0.2) is 48.0 Å². The molecule has 0 aliphatic carbocycles. The number of hydrogen-bond donors (Lipinski definition) is 1. The highest BCUT2D eigenvalue weighted by Crippen LogP contribution is 2.30. The Morgan fingerprint density at radius 1 is 1.30 bits per heavy atom. The molecule has 2 aromatic rings. The summed E-state index contributed by atoms with van der Waals surface area (Å²) in [6.07, 6.45) is 7.26. The van der Waals surface area contributed by atoms with Gasteiger partial charge in [-0.05, 0) is 18.6 Å². The zero-order valence-corrected chi connectivity index (χ0v) is 14.7. The molecule has 1 aliphatic heterocycles. The summed E-state index contributed by atoms with van der Waals surface area (Å²) in [6.45, 7) is 1.17. The van der Waals surface area contributed by atoms with Crippen LogP contribution in [0.4, 0.5) is 10.5 Å². The van der Waals surface area contributed by atoms with Crippen LogP contribution in [0.3, 0.4) is 0 Å². The van der Waals surface area contributed by atoms with Crippen molar-refractivity contribution < 1.29 is 19.1 Å². The number of urea groups is 1. The second-order valence-corrected chi connectivity index (χ2v) is 5.83. The number of aliphatic imine (C=N–C) groups is 1. The summed E-state index contributed by atoms with van der Waals surface area (Å²) in [5, 5.41) is 2.19. The molecule has 4 amide bonds. The molecular formula is C18H19N5O4. The zero-order chi connectivity index (χ0) is 19.2. The molecule has 27 heavy (non-hydrogen) atoms. The van der Waals surface area contributed by atoms with Crippen molar-refractivity contribution >= 4 is 29.7 Å². The van der Waals surface area contributed by atoms with Gasteiger partial charge in [-0.25, -0.2) is 14.7 Å². The van der Waals surface area contributed by atoms with Crippen molar-refractivity contribution in [2.75, 3.05) is 18.6 Å². The van der Waals surface area contributed by atoms with Crippen LogP contribution < -0.4 is 15.0 Å². The van der Waals surface area contributed by atoms with E-state index in [-0.39, 0.29) is 5.69 Å². The molecule has 0 saturated carbocycles. The van der Waals surface area contributed by atoms with Crippen molar-refractivity contribution in [3.8, 4) is 5.75 Å². The molecule has 0 radical (unpaired) electrons. The van der Waals surface area contributed by atoms with Crippen LogP contribution in [0.25, 0.3) is 0 Å². The molecule has 1 aromatic heterocycles. The minimum atomic E-state index is -1.17. The van der Waals surface area contributed by atoms with Crippen LogP contribution in [0.1, 0.15) is 6.42 Å². The normalized spacial score (nSPS) is 17.4. The Hall–Kier alpha value is -3.49. The molecule has 0 bridgehead atoms.